The molecule has 4 aliphatic heterocycles. The van der Waals surface area contributed by atoms with Crippen molar-refractivity contribution in [3.63, 3.8) is 0 Å². The molecule has 0 amide bonds. The van der Waals surface area contributed by atoms with Crippen LogP contribution in [0.4, 0.5) is 0 Å². The quantitative estimate of drug-likeness (QED) is 0.249. The van der Waals surface area contributed by atoms with Crippen LogP contribution in [0.25, 0.3) is 0 Å². The Morgan fingerprint density at radius 1 is 0.877 bits per heavy atom. The first-order valence-electron chi connectivity index (χ1n) is 21.1. The third kappa shape index (κ3) is 10.2. The van der Waals surface area contributed by atoms with Crippen molar-refractivity contribution in [1.29, 1.82) is 0 Å². The first kappa shape index (κ1) is 48.3. The van der Waals surface area contributed by atoms with Crippen LogP contribution in [0.3, 0.4) is 0 Å². The summed E-state index contributed by atoms with van der Waals surface area (Å²) in [4.78, 5) is 32.9. The molecule has 0 saturated carbocycles. The molecule has 4 N–H and O–H groups in total. The van der Waals surface area contributed by atoms with Crippen LogP contribution in [0.5, 0.6) is 0 Å². The van der Waals surface area contributed by atoms with Crippen molar-refractivity contribution in [2.24, 2.45) is 23.7 Å². The summed E-state index contributed by atoms with van der Waals surface area (Å²) in [5.74, 6) is -4.31. The maximum atomic E-state index is 14.4. The van der Waals surface area contributed by atoms with Gasteiger partial charge >= 0.3 is 5.97 Å². The van der Waals surface area contributed by atoms with Gasteiger partial charge in [-0.2, -0.15) is 0 Å². The fraction of sp³-hybridized carbons (Fsp3) is 0.952. The second-order valence-corrected chi connectivity index (χ2v) is 18.6. The Morgan fingerprint density at radius 2 is 1.51 bits per heavy atom. The summed E-state index contributed by atoms with van der Waals surface area (Å²) < 4.78 is 45.3. The number of likely N-dealkylation sites (tertiary alicyclic amines) is 1. The zero-order chi connectivity index (χ0) is 42.9. The van der Waals surface area contributed by atoms with Crippen LogP contribution in [0.2, 0.25) is 0 Å². The van der Waals surface area contributed by atoms with E-state index < -0.39 is 102 Å². The van der Waals surface area contributed by atoms with E-state index in [2.05, 4.69) is 9.80 Å². The molecule has 0 radical (unpaired) electrons. The van der Waals surface area contributed by atoms with Gasteiger partial charge in [-0.15, -0.1) is 0 Å². The lowest BCUT2D eigenvalue weighted by Gasteiger charge is -2.51. The number of cyclic esters (lactones) is 1. The Morgan fingerprint density at radius 3 is 2.05 bits per heavy atom. The zero-order valence-electron chi connectivity index (χ0n) is 37.0. The molecule has 4 aliphatic rings. The number of ketones is 1. The van der Waals surface area contributed by atoms with Gasteiger partial charge < -0.3 is 58.5 Å². The van der Waals surface area contributed by atoms with E-state index >= 15 is 0 Å². The highest BCUT2D eigenvalue weighted by molar-refractivity contribution is 5.83. The van der Waals surface area contributed by atoms with E-state index in [4.69, 9.17) is 33.2 Å². The number of aliphatic hydroxyl groups excluding tert-OH is 3. The number of hydrogen-bond donors (Lipinski definition) is 4. The predicted octanol–water partition coefficient (Wildman–Crippen LogP) is 2.51. The van der Waals surface area contributed by atoms with Crippen LogP contribution in [-0.2, 0) is 42.7 Å². The lowest BCUT2D eigenvalue weighted by molar-refractivity contribution is -0.314. The number of Topliss-reactive ketones (excluding diaryl/α,β-unsaturated/α-hetero) is 1. The summed E-state index contributed by atoms with van der Waals surface area (Å²) in [6.45, 7) is 18.8. The monoisotopic (exact) mass is 817 g/mol. The van der Waals surface area contributed by atoms with E-state index in [0.717, 1.165) is 13.0 Å². The minimum Gasteiger partial charge on any atom is -0.459 e. The molecular weight excluding hydrogens is 740 g/mol. The Labute approximate surface area is 340 Å². The molecule has 0 spiro atoms. The average molecular weight is 817 g/mol. The molecule has 57 heavy (non-hydrogen) atoms. The Balaban J connectivity index is 1.88. The molecule has 19 atom stereocenters. The number of carbonyl (C=O) groups is 2. The van der Waals surface area contributed by atoms with Crippen molar-refractivity contribution in [1.82, 2.24) is 9.80 Å². The fourth-order valence-electron chi connectivity index (χ4n) is 10.1. The predicted molar refractivity (Wildman–Crippen MR) is 211 cm³/mol. The molecule has 0 bridgehead atoms. The molecule has 0 unspecified atom stereocenters. The van der Waals surface area contributed by atoms with Gasteiger partial charge in [-0.3, -0.25) is 14.5 Å². The molecule has 332 valence electrons. The molecule has 0 aromatic carbocycles. The highest BCUT2D eigenvalue weighted by Crippen LogP contribution is 2.42. The number of nitrogens with zero attached hydrogens (tertiary/aromatic N) is 2. The summed E-state index contributed by atoms with van der Waals surface area (Å²) in [6.07, 6.45) is -6.66. The Kier molecular flexibility index (Phi) is 16.2. The third-order valence-electron chi connectivity index (χ3n) is 13.9. The first-order chi connectivity index (χ1) is 26.5. The van der Waals surface area contributed by atoms with E-state index in [1.807, 2.05) is 34.9 Å². The number of carbonyl (C=O) groups excluding carboxylic acids is 2. The third-order valence-corrected chi connectivity index (χ3v) is 13.9. The lowest BCUT2D eigenvalue weighted by Crippen LogP contribution is -2.64. The second-order valence-electron chi connectivity index (χ2n) is 18.6. The van der Waals surface area contributed by atoms with Crippen LogP contribution < -0.4 is 0 Å². The number of β-amino-alcohol motifs (C(OH)–C–C–N with tert-alkyl or cyclic N) is 1. The molecule has 0 aromatic rings. The van der Waals surface area contributed by atoms with Crippen LogP contribution >= 0.6 is 0 Å². The minimum atomic E-state index is -1.96. The van der Waals surface area contributed by atoms with Crippen LogP contribution in [0, 0.1) is 23.7 Å². The lowest BCUT2D eigenvalue weighted by atomic mass is 9.73. The van der Waals surface area contributed by atoms with E-state index in [-0.39, 0.29) is 43.2 Å². The number of rotatable bonds is 9. The van der Waals surface area contributed by atoms with Gasteiger partial charge in [0.2, 0.25) is 0 Å². The molecule has 15 heteroatoms. The standard InChI is InChI=1S/C42H76N2O13/c1-15-30-42(10,50)35(47)24(4)33(46)22(2)19-41(9,52-14)37(57-39-32(43(11)12)29(18-23(3)53-39)44-17-16-28(45)21-44)25(5)34(26(6)38(49)55-30)56-31-20-40(8,51-13)36(48)27(7)54-31/h22-32,34-37,39,45,47-48,50H,15-21H2,1-14H3/t22-,23-,24+,25+,26-,27+,28-,29-,30-,31+,32+,34+,35-,36+,37-,39+,40-,41+,42-/m1/s1. The molecule has 4 saturated heterocycles. The topological polar surface area (TPSA) is 186 Å². The van der Waals surface area contributed by atoms with Crippen molar-refractivity contribution in [3.8, 4) is 0 Å². The van der Waals surface area contributed by atoms with E-state index in [1.165, 1.54) is 14.0 Å². The van der Waals surface area contributed by atoms with E-state index in [0.29, 0.717) is 13.0 Å². The maximum absolute atomic E-state index is 14.4. The van der Waals surface area contributed by atoms with Gasteiger partial charge in [0, 0.05) is 57.5 Å². The number of esters is 1. The van der Waals surface area contributed by atoms with Crippen molar-refractivity contribution < 1.29 is 63.2 Å². The van der Waals surface area contributed by atoms with Gasteiger partial charge in [0.15, 0.2) is 12.6 Å². The van der Waals surface area contributed by atoms with Crippen LogP contribution in [0.1, 0.15) is 101 Å². The average Bonchev–Trinajstić information content (AvgIpc) is 3.60. The van der Waals surface area contributed by atoms with Crippen molar-refractivity contribution in [2.45, 2.75) is 192 Å². The fourth-order valence-corrected chi connectivity index (χ4v) is 10.1. The van der Waals surface area contributed by atoms with Crippen LogP contribution in [0.15, 0.2) is 0 Å². The maximum Gasteiger partial charge on any atom is 0.311 e. The molecule has 4 rings (SSSR count). The summed E-state index contributed by atoms with van der Waals surface area (Å²) in [7, 11) is 7.04. The Hall–Kier alpha value is -1.34. The largest absolute Gasteiger partial charge is 0.459 e. The highest BCUT2D eigenvalue weighted by Gasteiger charge is 2.54. The number of likely N-dealkylation sites (N-methyl/N-ethyl adjacent to an activating group) is 1. The Bertz CT molecular complexity index is 1340. The van der Waals surface area contributed by atoms with Gasteiger partial charge in [-0.05, 0) is 81.3 Å². The van der Waals surface area contributed by atoms with Crippen molar-refractivity contribution >= 4 is 11.8 Å². The number of methoxy groups -OCH3 is 2. The van der Waals surface area contributed by atoms with Crippen molar-refractivity contribution in [2.75, 3.05) is 41.4 Å². The summed E-state index contributed by atoms with van der Waals surface area (Å²) in [5, 5.41) is 44.8. The molecule has 4 fully saturated rings. The van der Waals surface area contributed by atoms with Crippen molar-refractivity contribution in [3.05, 3.63) is 0 Å². The van der Waals surface area contributed by atoms with Gasteiger partial charge in [0.1, 0.15) is 23.6 Å². The highest BCUT2D eigenvalue weighted by atomic mass is 16.7. The van der Waals surface area contributed by atoms with Gasteiger partial charge in [-0.1, -0.05) is 27.7 Å². The first-order valence-corrected chi connectivity index (χ1v) is 21.1. The smallest absolute Gasteiger partial charge is 0.311 e. The SMILES string of the molecule is CC[C@H]1OC(=O)[C@H](C)[C@@H](O[C@H]2C[C@@](C)(OC)[C@@H](O)[C@H](C)O2)[C@H](C)[C@@H](O[C@@H]2O[C@H](C)C[C@@H](N3CC[C@@H](O)C3)[C@@H]2N(C)C)[C@@](C)(OC)C[C@@H](C)C(=O)[C@H](C)[C@@H](O)[C@]1(C)O. The summed E-state index contributed by atoms with van der Waals surface area (Å²) in [6, 6.07) is -0.283. The second kappa shape index (κ2) is 19.1. The van der Waals surface area contributed by atoms with Gasteiger partial charge in [0.25, 0.3) is 0 Å². The number of ether oxygens (including phenoxy) is 7. The molecule has 0 aromatic heterocycles. The summed E-state index contributed by atoms with van der Waals surface area (Å²) in [5.41, 5.74) is -4.19. The molecular formula is C42H76N2O13. The number of hydrogen-bond acceptors (Lipinski definition) is 15. The van der Waals surface area contributed by atoms with Gasteiger partial charge in [-0.25, -0.2) is 0 Å². The number of aliphatic hydroxyl groups is 4. The molecule has 4 heterocycles. The minimum absolute atomic E-state index is 0.00801. The zero-order valence-corrected chi connectivity index (χ0v) is 37.0. The van der Waals surface area contributed by atoms with Gasteiger partial charge in [0.05, 0.1) is 59.8 Å². The van der Waals surface area contributed by atoms with E-state index in [9.17, 15) is 30.0 Å². The molecule has 0 aliphatic carbocycles. The summed E-state index contributed by atoms with van der Waals surface area (Å²) >= 11 is 0. The van der Waals surface area contributed by atoms with E-state index in [1.54, 1.807) is 48.7 Å². The van der Waals surface area contributed by atoms with Crippen LogP contribution in [-0.4, -0.2) is 174 Å². The normalized spacial score (nSPS) is 48.8. The molecule has 15 nitrogen and oxygen atoms in total.